The molecule has 3 rings (SSSR count). The number of carbonyl (C=O) groups is 2. The van der Waals surface area contributed by atoms with Crippen LogP contribution in [0.5, 0.6) is 0 Å². The van der Waals surface area contributed by atoms with Gasteiger partial charge in [-0.3, -0.25) is 9.88 Å². The van der Waals surface area contributed by atoms with E-state index in [9.17, 15) is 9.59 Å². The number of hydrogen-bond acceptors (Lipinski definition) is 4. The first kappa shape index (κ1) is 20.3. The maximum atomic E-state index is 9.55. The van der Waals surface area contributed by atoms with Gasteiger partial charge in [-0.15, -0.1) is 0 Å². The number of carboxylic acid groups (broad SMARTS) is 2. The van der Waals surface area contributed by atoms with E-state index >= 15 is 0 Å². The van der Waals surface area contributed by atoms with Gasteiger partial charge >= 0.3 is 11.9 Å². The molecule has 0 bridgehead atoms. The van der Waals surface area contributed by atoms with Crippen molar-refractivity contribution in [3.8, 4) is 11.1 Å². The van der Waals surface area contributed by atoms with Gasteiger partial charge in [-0.2, -0.15) is 0 Å². The van der Waals surface area contributed by atoms with Crippen LogP contribution < -0.4 is 0 Å². The van der Waals surface area contributed by atoms with Crippen LogP contribution >= 0.6 is 0 Å². The number of hydrogen-bond donors (Lipinski definition) is 2. The summed E-state index contributed by atoms with van der Waals surface area (Å²) in [4.78, 5) is 26.0. The summed E-state index contributed by atoms with van der Waals surface area (Å²) in [7, 11) is 2.20. The second-order valence-corrected chi connectivity index (χ2v) is 6.52. The molecule has 6 heteroatoms. The quantitative estimate of drug-likeness (QED) is 0.802. The summed E-state index contributed by atoms with van der Waals surface area (Å²) >= 11 is 0. The zero-order chi connectivity index (χ0) is 19.8. The zero-order valence-corrected chi connectivity index (χ0v) is 15.5. The second kappa shape index (κ2) is 9.64. The number of likely N-dealkylation sites (tertiary alicyclic amines) is 1. The summed E-state index contributed by atoms with van der Waals surface area (Å²) in [5.74, 6) is -2.51. The first-order valence-corrected chi connectivity index (χ1v) is 8.73. The summed E-state index contributed by atoms with van der Waals surface area (Å²) in [5.41, 5.74) is 5.11. The molecular weight excluding hydrogens is 344 g/mol. The van der Waals surface area contributed by atoms with Gasteiger partial charge in [-0.1, -0.05) is 29.8 Å². The molecule has 1 aromatic heterocycles. The Hall–Kier alpha value is -2.99. The third-order valence-electron chi connectivity index (χ3n) is 4.42. The topological polar surface area (TPSA) is 90.7 Å². The van der Waals surface area contributed by atoms with Gasteiger partial charge in [0.2, 0.25) is 0 Å². The highest BCUT2D eigenvalue weighted by molar-refractivity contribution is 5.89. The molecule has 27 heavy (non-hydrogen) atoms. The molecule has 1 saturated heterocycles. The van der Waals surface area contributed by atoms with Crippen molar-refractivity contribution in [2.75, 3.05) is 13.6 Å². The fourth-order valence-corrected chi connectivity index (χ4v) is 3.02. The largest absolute Gasteiger partial charge is 0.478 e. The van der Waals surface area contributed by atoms with Crippen molar-refractivity contribution in [1.82, 2.24) is 9.88 Å². The highest BCUT2D eigenvalue weighted by Crippen LogP contribution is 2.31. The molecule has 0 saturated carbocycles. The lowest BCUT2D eigenvalue weighted by atomic mass is 10.0. The Morgan fingerprint density at radius 1 is 1.07 bits per heavy atom. The van der Waals surface area contributed by atoms with Gasteiger partial charge in [0, 0.05) is 36.2 Å². The molecule has 2 N–H and O–H groups in total. The van der Waals surface area contributed by atoms with Crippen LogP contribution in [0.2, 0.25) is 0 Å². The number of aromatic nitrogens is 1. The lowest BCUT2D eigenvalue weighted by Crippen LogP contribution is -2.17. The molecule has 142 valence electrons. The number of pyridine rings is 1. The lowest BCUT2D eigenvalue weighted by Gasteiger charge is -2.19. The normalized spacial score (nSPS) is 16.7. The van der Waals surface area contributed by atoms with Crippen LogP contribution in [0.1, 0.15) is 30.0 Å². The SMILES string of the molecule is Cc1ccc(-c2cncc(C3CCCN3C)c2)cc1.O=C(O)/C=C/C(=O)O. The third kappa shape index (κ3) is 6.34. The molecule has 6 nitrogen and oxygen atoms in total. The van der Waals surface area contributed by atoms with E-state index in [4.69, 9.17) is 10.2 Å². The molecule has 1 aromatic carbocycles. The maximum absolute atomic E-state index is 9.55. The van der Waals surface area contributed by atoms with Crippen LogP contribution in [0.25, 0.3) is 11.1 Å². The van der Waals surface area contributed by atoms with E-state index in [0.717, 1.165) is 0 Å². The van der Waals surface area contributed by atoms with E-state index in [1.165, 1.54) is 41.6 Å². The smallest absolute Gasteiger partial charge is 0.328 e. The minimum Gasteiger partial charge on any atom is -0.478 e. The van der Waals surface area contributed by atoms with E-state index in [-0.39, 0.29) is 0 Å². The third-order valence-corrected chi connectivity index (χ3v) is 4.42. The van der Waals surface area contributed by atoms with Gasteiger partial charge in [-0.05, 0) is 50.6 Å². The Morgan fingerprint density at radius 2 is 1.70 bits per heavy atom. The van der Waals surface area contributed by atoms with Crippen LogP contribution in [-0.2, 0) is 9.59 Å². The number of aryl methyl sites for hydroxylation is 1. The molecular formula is C21H24N2O4. The summed E-state index contributed by atoms with van der Waals surface area (Å²) in [6, 6.07) is 11.5. The predicted octanol–water partition coefficient (Wildman–Crippen LogP) is 3.54. The Labute approximate surface area is 158 Å². The molecule has 0 spiro atoms. The van der Waals surface area contributed by atoms with Crippen LogP contribution in [0.4, 0.5) is 0 Å². The molecule has 0 aliphatic carbocycles. The van der Waals surface area contributed by atoms with Crippen molar-refractivity contribution in [2.24, 2.45) is 0 Å². The molecule has 1 aliphatic heterocycles. The number of nitrogens with zero attached hydrogens (tertiary/aromatic N) is 2. The Bertz CT molecular complexity index is 799. The molecule has 1 aliphatic rings. The van der Waals surface area contributed by atoms with Gasteiger partial charge in [0.05, 0.1) is 0 Å². The summed E-state index contributed by atoms with van der Waals surface area (Å²) < 4.78 is 0. The standard InChI is InChI=1S/C17H20N2.C4H4O4/c1-13-5-7-14(8-6-13)15-10-16(12-18-11-15)17-4-3-9-19(17)2;5-3(6)1-2-4(7)8/h5-8,10-12,17H,3-4,9H2,1-2H3;1-2H,(H,5,6)(H,7,8)/b;2-1+. The first-order valence-electron chi connectivity index (χ1n) is 8.73. The van der Waals surface area contributed by atoms with Crippen LogP contribution in [0.3, 0.4) is 0 Å². The van der Waals surface area contributed by atoms with E-state index in [1.54, 1.807) is 0 Å². The Morgan fingerprint density at radius 3 is 2.22 bits per heavy atom. The lowest BCUT2D eigenvalue weighted by molar-refractivity contribution is -0.134. The van der Waals surface area contributed by atoms with Crippen LogP contribution in [0.15, 0.2) is 54.9 Å². The molecule has 0 amide bonds. The van der Waals surface area contributed by atoms with Crippen molar-refractivity contribution >= 4 is 11.9 Å². The highest BCUT2D eigenvalue weighted by Gasteiger charge is 2.22. The predicted molar refractivity (Wildman–Crippen MR) is 103 cm³/mol. The van der Waals surface area contributed by atoms with Crippen molar-refractivity contribution in [2.45, 2.75) is 25.8 Å². The minimum atomic E-state index is -1.26. The number of benzene rings is 1. The monoisotopic (exact) mass is 368 g/mol. The van der Waals surface area contributed by atoms with Gasteiger partial charge in [-0.25, -0.2) is 9.59 Å². The maximum Gasteiger partial charge on any atom is 0.328 e. The van der Waals surface area contributed by atoms with E-state index in [2.05, 4.69) is 54.2 Å². The molecule has 2 aromatic rings. The summed E-state index contributed by atoms with van der Waals surface area (Å²) in [5, 5.41) is 15.6. The Balaban J connectivity index is 0.000000279. The summed E-state index contributed by atoms with van der Waals surface area (Å²) in [6.07, 6.45) is 7.63. The second-order valence-electron chi connectivity index (χ2n) is 6.52. The molecule has 1 atom stereocenters. The fraction of sp³-hybridized carbons (Fsp3) is 0.286. The van der Waals surface area contributed by atoms with Crippen molar-refractivity contribution < 1.29 is 19.8 Å². The average Bonchev–Trinajstić information content (AvgIpc) is 3.07. The fourth-order valence-electron chi connectivity index (χ4n) is 3.02. The first-order chi connectivity index (χ1) is 12.9. The van der Waals surface area contributed by atoms with Crippen molar-refractivity contribution in [1.29, 1.82) is 0 Å². The highest BCUT2D eigenvalue weighted by atomic mass is 16.4. The minimum absolute atomic E-state index is 0.540. The average molecular weight is 368 g/mol. The number of aliphatic carboxylic acids is 2. The van der Waals surface area contributed by atoms with Crippen molar-refractivity contribution in [3.63, 3.8) is 0 Å². The van der Waals surface area contributed by atoms with Gasteiger partial charge in [0.25, 0.3) is 0 Å². The Kier molecular flexibility index (Phi) is 7.25. The van der Waals surface area contributed by atoms with E-state index in [0.29, 0.717) is 18.2 Å². The van der Waals surface area contributed by atoms with Crippen LogP contribution in [0, 0.1) is 6.92 Å². The van der Waals surface area contributed by atoms with Gasteiger partial charge in [0.1, 0.15) is 0 Å². The van der Waals surface area contributed by atoms with Crippen LogP contribution in [-0.4, -0.2) is 45.6 Å². The van der Waals surface area contributed by atoms with Crippen molar-refractivity contribution in [3.05, 3.63) is 66.0 Å². The van der Waals surface area contributed by atoms with Gasteiger partial charge in [0.15, 0.2) is 0 Å². The number of carboxylic acids is 2. The van der Waals surface area contributed by atoms with Gasteiger partial charge < -0.3 is 10.2 Å². The molecule has 1 fully saturated rings. The molecule has 1 unspecified atom stereocenters. The molecule has 2 heterocycles. The van der Waals surface area contributed by atoms with E-state index in [1.807, 2.05) is 12.4 Å². The summed E-state index contributed by atoms with van der Waals surface area (Å²) in [6.45, 7) is 3.31. The zero-order valence-electron chi connectivity index (χ0n) is 15.5. The van der Waals surface area contributed by atoms with E-state index < -0.39 is 11.9 Å². The molecule has 0 radical (unpaired) electrons. The number of rotatable bonds is 4.